The van der Waals surface area contributed by atoms with Crippen molar-refractivity contribution in [2.24, 2.45) is 0 Å². The first-order valence-electron chi connectivity index (χ1n) is 9.62. The average molecular weight is 493 g/mol. The number of aromatic nitrogens is 1. The lowest BCUT2D eigenvalue weighted by atomic mass is 10.2. The van der Waals surface area contributed by atoms with Gasteiger partial charge in [0, 0.05) is 31.7 Å². The van der Waals surface area contributed by atoms with Crippen molar-refractivity contribution in [3.05, 3.63) is 52.0 Å². The topological polar surface area (TPSA) is 95.8 Å². The van der Waals surface area contributed by atoms with Gasteiger partial charge in [0.15, 0.2) is 5.58 Å². The summed E-state index contributed by atoms with van der Waals surface area (Å²) < 4.78 is 33.1. The molecule has 1 amide bonds. The number of halogens is 2. The first-order valence-corrected chi connectivity index (χ1v) is 11.8. The van der Waals surface area contributed by atoms with Crippen LogP contribution in [0.2, 0.25) is 10.0 Å². The fourth-order valence-corrected chi connectivity index (χ4v) is 5.14. The molecular weight excluding hydrogens is 475 g/mol. The number of nitrogens with zero attached hydrogens (tertiary/aromatic N) is 3. The summed E-state index contributed by atoms with van der Waals surface area (Å²) in [6, 6.07) is 9.54. The predicted molar refractivity (Wildman–Crippen MR) is 123 cm³/mol. The molecule has 1 saturated heterocycles. The Morgan fingerprint density at radius 1 is 1.12 bits per heavy atom. The number of fused-ring (bicyclic) bond motifs is 1. The van der Waals surface area contributed by atoms with Gasteiger partial charge in [-0.05, 0) is 36.4 Å². The number of rotatable bonds is 5. The van der Waals surface area contributed by atoms with Crippen molar-refractivity contribution >= 4 is 56.2 Å². The molecule has 8 nitrogen and oxygen atoms in total. The quantitative estimate of drug-likeness (QED) is 0.550. The van der Waals surface area contributed by atoms with Crippen LogP contribution < -0.4 is 10.2 Å². The molecule has 0 spiro atoms. The molecule has 1 N–H and O–H groups in total. The summed E-state index contributed by atoms with van der Waals surface area (Å²) in [5, 5.41) is 3.08. The molecule has 1 aliphatic heterocycles. The van der Waals surface area contributed by atoms with Gasteiger partial charge in [0.1, 0.15) is 5.52 Å². The monoisotopic (exact) mass is 492 g/mol. The van der Waals surface area contributed by atoms with E-state index in [1.165, 1.54) is 22.5 Å². The Balaban J connectivity index is 1.47. The van der Waals surface area contributed by atoms with Gasteiger partial charge in [-0.3, -0.25) is 4.79 Å². The molecule has 3 aromatic rings. The number of terminal acetylenes is 1. The number of nitrogens with one attached hydrogen (secondary N) is 1. The molecule has 1 aliphatic rings. The van der Waals surface area contributed by atoms with Crippen LogP contribution in [-0.2, 0) is 10.0 Å². The van der Waals surface area contributed by atoms with Gasteiger partial charge >= 0.3 is 0 Å². The van der Waals surface area contributed by atoms with Crippen LogP contribution >= 0.6 is 23.2 Å². The fourth-order valence-electron chi connectivity index (χ4n) is 3.33. The van der Waals surface area contributed by atoms with E-state index in [1.54, 1.807) is 18.2 Å². The number of hydrogen-bond acceptors (Lipinski definition) is 6. The molecule has 0 aliphatic carbocycles. The second kappa shape index (κ2) is 9.00. The van der Waals surface area contributed by atoms with Gasteiger partial charge in [-0.25, -0.2) is 8.42 Å². The van der Waals surface area contributed by atoms with Crippen molar-refractivity contribution in [1.82, 2.24) is 14.6 Å². The highest BCUT2D eigenvalue weighted by molar-refractivity contribution is 7.89. The Labute approximate surface area is 195 Å². The molecule has 0 radical (unpaired) electrons. The van der Waals surface area contributed by atoms with Crippen LogP contribution in [0, 0.1) is 12.3 Å². The maximum atomic E-state index is 12.9. The van der Waals surface area contributed by atoms with Crippen LogP contribution in [-0.4, -0.2) is 56.3 Å². The highest BCUT2D eigenvalue weighted by atomic mass is 35.5. The van der Waals surface area contributed by atoms with Crippen molar-refractivity contribution < 1.29 is 17.6 Å². The third-order valence-corrected chi connectivity index (χ3v) is 7.66. The van der Waals surface area contributed by atoms with E-state index in [0.29, 0.717) is 40.8 Å². The Bertz CT molecular complexity index is 1330. The summed E-state index contributed by atoms with van der Waals surface area (Å²) in [6.45, 7) is 1.42. The van der Waals surface area contributed by atoms with Gasteiger partial charge in [-0.2, -0.15) is 9.29 Å². The van der Waals surface area contributed by atoms with Crippen molar-refractivity contribution in [2.45, 2.75) is 4.90 Å². The van der Waals surface area contributed by atoms with E-state index in [1.807, 2.05) is 4.90 Å². The molecule has 2 aromatic carbocycles. The smallest absolute Gasteiger partial charge is 0.298 e. The number of anilines is 1. The molecule has 166 valence electrons. The Kier molecular flexibility index (Phi) is 6.31. The summed E-state index contributed by atoms with van der Waals surface area (Å²) in [4.78, 5) is 18.5. The number of amides is 1. The van der Waals surface area contributed by atoms with Gasteiger partial charge in [-0.1, -0.05) is 29.1 Å². The van der Waals surface area contributed by atoms with E-state index in [4.69, 9.17) is 34.0 Å². The summed E-state index contributed by atoms with van der Waals surface area (Å²) in [5.74, 6) is 2.05. The van der Waals surface area contributed by atoms with Crippen molar-refractivity contribution in [3.63, 3.8) is 0 Å². The van der Waals surface area contributed by atoms with Gasteiger partial charge in [0.05, 0.1) is 21.5 Å². The van der Waals surface area contributed by atoms with Crippen molar-refractivity contribution in [1.29, 1.82) is 0 Å². The fraction of sp³-hybridized carbons (Fsp3) is 0.238. The van der Waals surface area contributed by atoms with Gasteiger partial charge < -0.3 is 14.6 Å². The second-order valence-electron chi connectivity index (χ2n) is 7.03. The maximum Gasteiger partial charge on any atom is 0.298 e. The third kappa shape index (κ3) is 4.40. The van der Waals surface area contributed by atoms with Gasteiger partial charge in [0.2, 0.25) is 10.0 Å². The lowest BCUT2D eigenvalue weighted by molar-refractivity contribution is 0.0959. The second-order valence-corrected chi connectivity index (χ2v) is 9.79. The number of piperazine rings is 1. The summed E-state index contributed by atoms with van der Waals surface area (Å²) in [6.07, 6.45) is 5.16. The van der Waals surface area contributed by atoms with Gasteiger partial charge in [-0.15, -0.1) is 6.42 Å². The molecule has 0 saturated carbocycles. The zero-order valence-electron chi connectivity index (χ0n) is 16.7. The molecule has 0 unspecified atom stereocenters. The Hall–Kier alpha value is -2.77. The molecule has 32 heavy (non-hydrogen) atoms. The molecule has 1 aromatic heterocycles. The highest BCUT2D eigenvalue weighted by Gasteiger charge is 2.30. The number of carbonyl (C=O) groups is 1. The van der Waals surface area contributed by atoms with Crippen LogP contribution in [0.25, 0.3) is 11.1 Å². The van der Waals surface area contributed by atoms with Crippen LogP contribution in [0.15, 0.2) is 45.7 Å². The molecule has 11 heteroatoms. The van der Waals surface area contributed by atoms with E-state index in [-0.39, 0.29) is 35.5 Å². The standard InChI is InChI=1S/C21H18Cl2N4O4S/c1-2-7-24-20(28)14-3-6-19-18(12-14)25-21(31-19)26-8-10-27(11-9-26)32(29,30)15-4-5-16(22)17(23)13-15/h1,3-6,12-13H,7-11H2,(H,24,28). The summed E-state index contributed by atoms with van der Waals surface area (Å²) >= 11 is 11.9. The lowest BCUT2D eigenvalue weighted by Gasteiger charge is -2.33. The van der Waals surface area contributed by atoms with E-state index in [0.717, 1.165) is 0 Å². The van der Waals surface area contributed by atoms with Crippen LogP contribution in [0.5, 0.6) is 0 Å². The molecule has 0 bridgehead atoms. The number of oxazole rings is 1. The van der Waals surface area contributed by atoms with E-state index in [9.17, 15) is 13.2 Å². The Morgan fingerprint density at radius 3 is 2.56 bits per heavy atom. The first kappa shape index (κ1) is 22.4. The summed E-state index contributed by atoms with van der Waals surface area (Å²) in [7, 11) is -3.70. The molecule has 4 rings (SSSR count). The van der Waals surface area contributed by atoms with Crippen molar-refractivity contribution in [3.8, 4) is 12.3 Å². The highest BCUT2D eigenvalue weighted by Crippen LogP contribution is 2.28. The molecule has 1 fully saturated rings. The third-order valence-electron chi connectivity index (χ3n) is 5.03. The minimum absolute atomic E-state index is 0.0952. The van der Waals surface area contributed by atoms with E-state index >= 15 is 0 Å². The summed E-state index contributed by atoms with van der Waals surface area (Å²) in [5.41, 5.74) is 1.48. The number of sulfonamides is 1. The minimum atomic E-state index is -3.70. The van der Waals surface area contributed by atoms with E-state index in [2.05, 4.69) is 16.2 Å². The zero-order chi connectivity index (χ0) is 22.9. The number of benzene rings is 2. The van der Waals surface area contributed by atoms with E-state index < -0.39 is 10.0 Å². The average Bonchev–Trinajstić information content (AvgIpc) is 3.22. The minimum Gasteiger partial charge on any atom is -0.423 e. The maximum absolute atomic E-state index is 12.9. The van der Waals surface area contributed by atoms with Gasteiger partial charge in [0.25, 0.3) is 11.9 Å². The van der Waals surface area contributed by atoms with Crippen LogP contribution in [0.4, 0.5) is 6.01 Å². The SMILES string of the molecule is C#CCNC(=O)c1ccc2oc(N3CCN(S(=O)(=O)c4ccc(Cl)c(Cl)c4)CC3)nc2c1. The lowest BCUT2D eigenvalue weighted by Crippen LogP contribution is -2.48. The zero-order valence-corrected chi connectivity index (χ0v) is 19.0. The number of carbonyl (C=O) groups excluding carboxylic acids is 1. The molecule has 0 atom stereocenters. The normalized spacial score (nSPS) is 15.0. The van der Waals surface area contributed by atoms with Crippen LogP contribution in [0.1, 0.15) is 10.4 Å². The largest absolute Gasteiger partial charge is 0.423 e. The number of hydrogen-bond donors (Lipinski definition) is 1. The van der Waals surface area contributed by atoms with Crippen molar-refractivity contribution in [2.75, 3.05) is 37.6 Å². The molecular formula is C21H18Cl2N4O4S. The Morgan fingerprint density at radius 2 is 1.88 bits per heavy atom. The molecule has 2 heterocycles. The first-order chi connectivity index (χ1) is 15.3. The predicted octanol–water partition coefficient (Wildman–Crippen LogP) is 3.01. The van der Waals surface area contributed by atoms with Crippen LogP contribution in [0.3, 0.4) is 0 Å².